The SMILES string of the molecule is CN=C(NCc1ccc(CN2CCCC2=O)cc1)N(C)Cc1ccc(Cl)cc1.I. The van der Waals surface area contributed by atoms with E-state index in [-0.39, 0.29) is 29.9 Å². The van der Waals surface area contributed by atoms with Crippen LogP contribution < -0.4 is 5.32 Å². The predicted octanol–water partition coefficient (Wildman–Crippen LogP) is 4.29. The highest BCUT2D eigenvalue weighted by atomic mass is 127. The van der Waals surface area contributed by atoms with Gasteiger partial charge in [-0.2, -0.15) is 0 Å². The quantitative estimate of drug-likeness (QED) is 0.347. The highest BCUT2D eigenvalue weighted by Crippen LogP contribution is 2.15. The van der Waals surface area contributed by atoms with Gasteiger partial charge in [-0.25, -0.2) is 0 Å². The fourth-order valence-corrected chi connectivity index (χ4v) is 3.48. The highest BCUT2D eigenvalue weighted by Gasteiger charge is 2.19. The first-order chi connectivity index (χ1) is 13.5. The van der Waals surface area contributed by atoms with Crippen LogP contribution in [0, 0.1) is 0 Å². The number of hydrogen-bond acceptors (Lipinski definition) is 2. The Hall–Kier alpha value is -1.80. The third-order valence-electron chi connectivity index (χ3n) is 4.92. The molecule has 1 saturated heterocycles. The number of benzene rings is 2. The first-order valence-electron chi connectivity index (χ1n) is 9.57. The Morgan fingerprint density at radius 3 is 2.31 bits per heavy atom. The molecule has 0 spiro atoms. The van der Waals surface area contributed by atoms with Gasteiger partial charge in [0.15, 0.2) is 5.96 Å². The van der Waals surface area contributed by atoms with Crippen molar-refractivity contribution in [2.24, 2.45) is 4.99 Å². The Balaban J connectivity index is 0.00000300. The van der Waals surface area contributed by atoms with E-state index in [4.69, 9.17) is 11.6 Å². The lowest BCUT2D eigenvalue weighted by Gasteiger charge is -2.22. The van der Waals surface area contributed by atoms with E-state index in [2.05, 4.69) is 39.5 Å². The molecule has 1 aliphatic heterocycles. The van der Waals surface area contributed by atoms with E-state index in [1.54, 1.807) is 7.05 Å². The Bertz CT molecular complexity index is 824. The van der Waals surface area contributed by atoms with Crippen molar-refractivity contribution in [1.82, 2.24) is 15.1 Å². The van der Waals surface area contributed by atoms with Crippen LogP contribution in [0.3, 0.4) is 0 Å². The van der Waals surface area contributed by atoms with E-state index in [0.29, 0.717) is 19.5 Å². The number of rotatable bonds is 6. The Kier molecular flexibility index (Phi) is 9.23. The Morgan fingerprint density at radius 2 is 1.72 bits per heavy atom. The van der Waals surface area contributed by atoms with Gasteiger partial charge in [0.05, 0.1) is 0 Å². The summed E-state index contributed by atoms with van der Waals surface area (Å²) >= 11 is 5.95. The second kappa shape index (κ2) is 11.4. The molecule has 1 N–H and O–H groups in total. The molecule has 29 heavy (non-hydrogen) atoms. The summed E-state index contributed by atoms with van der Waals surface area (Å²) in [5.41, 5.74) is 3.52. The number of nitrogens with zero attached hydrogens (tertiary/aromatic N) is 3. The van der Waals surface area contributed by atoms with E-state index in [0.717, 1.165) is 30.5 Å². The van der Waals surface area contributed by atoms with Crippen molar-refractivity contribution in [3.05, 3.63) is 70.2 Å². The molecular formula is C22H28ClIN4O. The minimum Gasteiger partial charge on any atom is -0.352 e. The summed E-state index contributed by atoms with van der Waals surface area (Å²) in [6, 6.07) is 16.3. The molecule has 0 saturated carbocycles. The van der Waals surface area contributed by atoms with Crippen molar-refractivity contribution >= 4 is 47.4 Å². The molecule has 1 fully saturated rings. The molecule has 0 radical (unpaired) electrons. The third-order valence-corrected chi connectivity index (χ3v) is 5.18. The molecule has 3 rings (SSSR count). The summed E-state index contributed by atoms with van der Waals surface area (Å²) in [4.78, 5) is 20.1. The van der Waals surface area contributed by atoms with E-state index < -0.39 is 0 Å². The smallest absolute Gasteiger partial charge is 0.222 e. The van der Waals surface area contributed by atoms with Gasteiger partial charge in [0.25, 0.3) is 0 Å². The van der Waals surface area contributed by atoms with Crippen LogP contribution in [0.1, 0.15) is 29.5 Å². The van der Waals surface area contributed by atoms with E-state index in [9.17, 15) is 4.79 Å². The normalized spacial score (nSPS) is 14.0. The van der Waals surface area contributed by atoms with Gasteiger partial charge in [-0.15, -0.1) is 24.0 Å². The number of amides is 1. The molecule has 0 atom stereocenters. The van der Waals surface area contributed by atoms with Gasteiger partial charge in [0.2, 0.25) is 5.91 Å². The van der Waals surface area contributed by atoms with Crippen LogP contribution in [0.25, 0.3) is 0 Å². The van der Waals surface area contributed by atoms with Crippen molar-refractivity contribution in [1.29, 1.82) is 0 Å². The van der Waals surface area contributed by atoms with Crippen LogP contribution in [0.4, 0.5) is 0 Å². The summed E-state index contributed by atoms with van der Waals surface area (Å²) in [5, 5.41) is 4.14. The first-order valence-corrected chi connectivity index (χ1v) is 9.95. The van der Waals surface area contributed by atoms with Crippen LogP contribution in [-0.4, -0.2) is 42.3 Å². The van der Waals surface area contributed by atoms with E-state index in [1.165, 1.54) is 16.7 Å². The second-order valence-corrected chi connectivity index (χ2v) is 7.56. The molecule has 7 heteroatoms. The molecule has 1 amide bonds. The lowest BCUT2D eigenvalue weighted by Crippen LogP contribution is -2.38. The Labute approximate surface area is 195 Å². The number of hydrogen-bond donors (Lipinski definition) is 1. The number of halogens is 2. The second-order valence-electron chi connectivity index (χ2n) is 7.12. The van der Waals surface area contributed by atoms with Crippen LogP contribution in [0.2, 0.25) is 5.02 Å². The topological polar surface area (TPSA) is 47.9 Å². The molecule has 0 unspecified atom stereocenters. The standard InChI is InChI=1S/C22H27ClN4O.HI/c1-24-22(26(2)15-18-9-11-20(23)12-10-18)25-14-17-5-7-19(8-6-17)16-27-13-3-4-21(27)28;/h5-12H,3-4,13-16H2,1-2H3,(H,24,25);1H. The van der Waals surface area contributed by atoms with Crippen molar-refractivity contribution < 1.29 is 4.79 Å². The maximum absolute atomic E-state index is 11.8. The number of nitrogens with one attached hydrogen (secondary N) is 1. The van der Waals surface area contributed by atoms with Gasteiger partial charge in [0.1, 0.15) is 0 Å². The van der Waals surface area contributed by atoms with E-state index in [1.807, 2.05) is 36.2 Å². The maximum atomic E-state index is 11.8. The molecule has 5 nitrogen and oxygen atoms in total. The zero-order valence-electron chi connectivity index (χ0n) is 16.9. The lowest BCUT2D eigenvalue weighted by molar-refractivity contribution is -0.128. The highest BCUT2D eigenvalue weighted by molar-refractivity contribution is 14.0. The zero-order chi connectivity index (χ0) is 19.9. The van der Waals surface area contributed by atoms with Crippen molar-refractivity contribution in [3.63, 3.8) is 0 Å². The van der Waals surface area contributed by atoms with Gasteiger partial charge in [-0.05, 0) is 35.2 Å². The van der Waals surface area contributed by atoms with Crippen LogP contribution >= 0.6 is 35.6 Å². The molecule has 0 aromatic heterocycles. The van der Waals surface area contributed by atoms with Crippen LogP contribution in [0.5, 0.6) is 0 Å². The fourth-order valence-electron chi connectivity index (χ4n) is 3.36. The lowest BCUT2D eigenvalue weighted by atomic mass is 10.1. The average molecular weight is 527 g/mol. The molecule has 2 aromatic rings. The number of carbonyl (C=O) groups excluding carboxylic acids is 1. The molecular weight excluding hydrogens is 499 g/mol. The predicted molar refractivity (Wildman–Crippen MR) is 130 cm³/mol. The summed E-state index contributed by atoms with van der Waals surface area (Å²) in [5.74, 6) is 1.10. The number of aliphatic imine (C=N–C) groups is 1. The van der Waals surface area contributed by atoms with Crippen LogP contribution in [0.15, 0.2) is 53.5 Å². The third kappa shape index (κ3) is 6.89. The number of guanidine groups is 1. The van der Waals surface area contributed by atoms with Crippen LogP contribution in [-0.2, 0) is 24.4 Å². The molecule has 1 heterocycles. The minimum absolute atomic E-state index is 0. The molecule has 1 aliphatic rings. The number of likely N-dealkylation sites (tertiary alicyclic amines) is 1. The van der Waals surface area contributed by atoms with Gasteiger partial charge in [-0.3, -0.25) is 9.79 Å². The largest absolute Gasteiger partial charge is 0.352 e. The first kappa shape index (κ1) is 23.5. The summed E-state index contributed by atoms with van der Waals surface area (Å²) < 4.78 is 0. The monoisotopic (exact) mass is 526 g/mol. The zero-order valence-corrected chi connectivity index (χ0v) is 20.0. The Morgan fingerprint density at radius 1 is 1.10 bits per heavy atom. The summed E-state index contributed by atoms with van der Waals surface area (Å²) in [6.45, 7) is 3.02. The van der Waals surface area contributed by atoms with Crippen molar-refractivity contribution in [2.45, 2.75) is 32.5 Å². The minimum atomic E-state index is 0. The van der Waals surface area contributed by atoms with Gasteiger partial charge >= 0.3 is 0 Å². The summed E-state index contributed by atoms with van der Waals surface area (Å²) in [7, 11) is 3.80. The molecule has 0 aliphatic carbocycles. The van der Waals surface area contributed by atoms with E-state index >= 15 is 0 Å². The molecule has 2 aromatic carbocycles. The van der Waals surface area contributed by atoms with Crippen molar-refractivity contribution in [3.8, 4) is 0 Å². The van der Waals surface area contributed by atoms with Crippen molar-refractivity contribution in [2.75, 3.05) is 20.6 Å². The maximum Gasteiger partial charge on any atom is 0.222 e. The summed E-state index contributed by atoms with van der Waals surface area (Å²) in [6.07, 6.45) is 1.66. The van der Waals surface area contributed by atoms with Gasteiger partial charge in [-0.1, -0.05) is 48.0 Å². The average Bonchev–Trinajstić information content (AvgIpc) is 3.10. The van der Waals surface area contributed by atoms with Gasteiger partial charge < -0.3 is 15.1 Å². The number of carbonyl (C=O) groups is 1. The fraction of sp³-hybridized carbons (Fsp3) is 0.364. The molecule has 0 bridgehead atoms. The molecule has 156 valence electrons. The van der Waals surface area contributed by atoms with Gasteiger partial charge in [0, 0.05) is 51.7 Å².